The second-order valence-corrected chi connectivity index (χ2v) is 3.22. The van der Waals surface area contributed by atoms with Crippen molar-refractivity contribution < 1.29 is 48.7 Å². The Labute approximate surface area is 111 Å². The molecule has 0 atom stereocenters. The molecule has 0 spiro atoms. The summed E-state index contributed by atoms with van der Waals surface area (Å²) in [6.45, 7) is 4.00. The molecule has 0 heterocycles. The van der Waals surface area contributed by atoms with Crippen molar-refractivity contribution in [3.05, 3.63) is 0 Å². The summed E-state index contributed by atoms with van der Waals surface area (Å²) in [6.07, 6.45) is -15.0. The first-order chi connectivity index (χ1) is 9.05. The molecule has 1 N–H and O–H groups in total. The molecule has 0 aromatic rings. The van der Waals surface area contributed by atoms with Crippen molar-refractivity contribution in [2.45, 2.75) is 44.5 Å². The van der Waals surface area contributed by atoms with Crippen LogP contribution in [0, 0.1) is 5.41 Å². The first-order valence-corrected chi connectivity index (χ1v) is 5.05. The number of hydrogen-bond acceptors (Lipinski definition) is 2. The first kappa shape index (κ1) is 21.9. The molecule has 0 bridgehead atoms. The van der Waals surface area contributed by atoms with Gasteiger partial charge >= 0.3 is 24.2 Å². The molecule has 0 rings (SSSR count). The van der Waals surface area contributed by atoms with Gasteiger partial charge in [-0.25, -0.2) is 0 Å². The monoisotopic (exact) mass is 337 g/mol. The van der Waals surface area contributed by atoms with E-state index in [1.807, 2.05) is 13.8 Å². The molecule has 12 heteroatoms. The molecule has 0 fully saturated rings. The molecule has 0 saturated heterocycles. The van der Waals surface area contributed by atoms with Crippen molar-refractivity contribution >= 4 is 11.5 Å². The molecule has 0 aliphatic rings. The number of ketones is 1. The number of alkyl halides is 10. The number of carbonyl (C=O) groups is 1. The Bertz CT molecular complexity index is 381. The quantitative estimate of drug-likeness (QED) is 0.600. The van der Waals surface area contributed by atoms with Gasteiger partial charge in [0.25, 0.3) is 0 Å². The van der Waals surface area contributed by atoms with Crippen LogP contribution in [-0.4, -0.2) is 35.7 Å². The van der Waals surface area contributed by atoms with Gasteiger partial charge in [0, 0.05) is 0 Å². The Balaban J connectivity index is 0. The molecule has 0 aromatic carbocycles. The van der Waals surface area contributed by atoms with Crippen LogP contribution >= 0.6 is 0 Å². The van der Waals surface area contributed by atoms with Gasteiger partial charge in [0.05, 0.1) is 6.42 Å². The minimum absolute atomic E-state index is 2.00. The molecule has 0 amide bonds. The van der Waals surface area contributed by atoms with Crippen LogP contribution in [0.4, 0.5) is 43.9 Å². The molecular weight excluding hydrogens is 328 g/mol. The number of carbonyl (C=O) groups excluding carboxylic acids is 1. The lowest BCUT2D eigenvalue weighted by Crippen LogP contribution is -2.56. The van der Waals surface area contributed by atoms with Crippen LogP contribution in [0.2, 0.25) is 0 Å². The zero-order chi connectivity index (χ0) is 17.9. The Kier molecular flexibility index (Phi) is 6.89. The van der Waals surface area contributed by atoms with Gasteiger partial charge in [0.1, 0.15) is 5.71 Å². The summed E-state index contributed by atoms with van der Waals surface area (Å²) >= 11 is 0. The maximum atomic E-state index is 12.6. The average Bonchev–Trinajstić information content (AvgIpc) is 2.28. The summed E-state index contributed by atoms with van der Waals surface area (Å²) in [6, 6.07) is 0. The lowest BCUT2D eigenvalue weighted by Gasteiger charge is -2.27. The fourth-order valence-corrected chi connectivity index (χ4v) is 0.725. The van der Waals surface area contributed by atoms with Gasteiger partial charge in [-0.1, -0.05) is 13.8 Å². The largest absolute Gasteiger partial charge is 0.460 e. The lowest BCUT2D eigenvalue weighted by molar-refractivity contribution is -0.343. The van der Waals surface area contributed by atoms with Gasteiger partial charge in [0.15, 0.2) is 0 Å². The van der Waals surface area contributed by atoms with E-state index >= 15 is 0 Å². The van der Waals surface area contributed by atoms with Crippen LogP contribution in [0.15, 0.2) is 0 Å². The molecular formula is C9H9F10NO. The third kappa shape index (κ3) is 4.84. The van der Waals surface area contributed by atoms with Gasteiger partial charge < -0.3 is 5.41 Å². The van der Waals surface area contributed by atoms with Gasteiger partial charge in [-0.15, -0.1) is 0 Å². The predicted molar refractivity (Wildman–Crippen MR) is 50.7 cm³/mol. The standard InChI is InChI=1S/C7H3F10NO.C2H6/c8-4(9,6(13,14)7(15,16)17)3(19)1-2(18)5(10,11)12;1-2/h18H,1H2;1-2H3. The number of rotatable bonds is 4. The summed E-state index contributed by atoms with van der Waals surface area (Å²) in [7, 11) is 0. The molecule has 0 aromatic heterocycles. The summed E-state index contributed by atoms with van der Waals surface area (Å²) in [5, 5.41) is 6.11. The number of hydrogen-bond donors (Lipinski definition) is 1. The molecule has 21 heavy (non-hydrogen) atoms. The Morgan fingerprint density at radius 1 is 0.857 bits per heavy atom. The minimum Gasteiger partial charge on any atom is -0.300 e. The smallest absolute Gasteiger partial charge is 0.300 e. The molecule has 2 nitrogen and oxygen atoms in total. The Morgan fingerprint density at radius 2 is 1.19 bits per heavy atom. The van der Waals surface area contributed by atoms with Crippen LogP contribution in [0.3, 0.4) is 0 Å². The fraction of sp³-hybridized carbons (Fsp3) is 0.778. The highest BCUT2D eigenvalue weighted by molar-refractivity contribution is 6.06. The summed E-state index contributed by atoms with van der Waals surface area (Å²) < 4.78 is 120. The predicted octanol–water partition coefficient (Wildman–Crippen LogP) is 4.39. The number of Topliss-reactive ketones (excluding diaryl/α,β-unsaturated/α-hetero) is 1. The zero-order valence-corrected chi connectivity index (χ0v) is 10.4. The fourth-order valence-electron chi connectivity index (χ4n) is 0.725. The number of nitrogens with one attached hydrogen (secondary N) is 1. The molecule has 126 valence electrons. The third-order valence-corrected chi connectivity index (χ3v) is 1.78. The average molecular weight is 337 g/mol. The summed E-state index contributed by atoms with van der Waals surface area (Å²) in [5.74, 6) is -16.6. The van der Waals surface area contributed by atoms with E-state index in [4.69, 9.17) is 5.41 Å². The third-order valence-electron chi connectivity index (χ3n) is 1.78. The van der Waals surface area contributed by atoms with E-state index in [9.17, 15) is 48.7 Å². The maximum Gasteiger partial charge on any atom is 0.460 e. The Morgan fingerprint density at radius 3 is 1.43 bits per heavy atom. The van der Waals surface area contributed by atoms with Crippen LogP contribution in [0.1, 0.15) is 20.3 Å². The van der Waals surface area contributed by atoms with E-state index < -0.39 is 42.1 Å². The van der Waals surface area contributed by atoms with Gasteiger partial charge in [-0.3, -0.25) is 4.79 Å². The topological polar surface area (TPSA) is 40.9 Å². The van der Waals surface area contributed by atoms with E-state index in [0.717, 1.165) is 0 Å². The molecule has 0 aliphatic heterocycles. The SMILES string of the molecule is CC.N=C(CC(=O)C(F)(F)C(F)(F)C(F)(F)F)C(F)(F)F. The van der Waals surface area contributed by atoms with Crippen molar-refractivity contribution in [3.8, 4) is 0 Å². The minimum atomic E-state index is -6.83. The van der Waals surface area contributed by atoms with Crippen molar-refractivity contribution in [1.82, 2.24) is 0 Å². The first-order valence-electron chi connectivity index (χ1n) is 5.05. The van der Waals surface area contributed by atoms with Gasteiger partial charge in [-0.2, -0.15) is 43.9 Å². The van der Waals surface area contributed by atoms with Crippen LogP contribution in [0.5, 0.6) is 0 Å². The van der Waals surface area contributed by atoms with Gasteiger partial charge in [-0.05, 0) is 0 Å². The molecule has 0 saturated carbocycles. The highest BCUT2D eigenvalue weighted by Crippen LogP contribution is 2.47. The van der Waals surface area contributed by atoms with E-state index in [-0.39, 0.29) is 0 Å². The van der Waals surface area contributed by atoms with E-state index in [1.54, 1.807) is 0 Å². The van der Waals surface area contributed by atoms with Crippen LogP contribution in [-0.2, 0) is 4.79 Å². The summed E-state index contributed by atoms with van der Waals surface area (Å²) in [4.78, 5) is 10.4. The van der Waals surface area contributed by atoms with Crippen molar-refractivity contribution in [2.75, 3.05) is 0 Å². The summed E-state index contributed by atoms with van der Waals surface area (Å²) in [5.41, 5.74) is -2.66. The molecule has 0 unspecified atom stereocenters. The van der Waals surface area contributed by atoms with Crippen molar-refractivity contribution in [2.24, 2.45) is 0 Å². The lowest BCUT2D eigenvalue weighted by atomic mass is 10.0. The highest BCUT2D eigenvalue weighted by atomic mass is 19.4. The normalized spacial score (nSPS) is 13.3. The van der Waals surface area contributed by atoms with E-state index in [2.05, 4.69) is 0 Å². The zero-order valence-electron chi connectivity index (χ0n) is 10.4. The Hall–Kier alpha value is -1.36. The van der Waals surface area contributed by atoms with E-state index in [0.29, 0.717) is 0 Å². The molecule has 0 radical (unpaired) electrons. The molecule has 0 aliphatic carbocycles. The second-order valence-electron chi connectivity index (χ2n) is 3.22. The highest BCUT2D eigenvalue weighted by Gasteiger charge is 2.75. The van der Waals surface area contributed by atoms with Crippen molar-refractivity contribution in [3.63, 3.8) is 0 Å². The van der Waals surface area contributed by atoms with E-state index in [1.165, 1.54) is 0 Å². The van der Waals surface area contributed by atoms with Crippen molar-refractivity contribution in [1.29, 1.82) is 5.41 Å². The second kappa shape index (κ2) is 6.60. The van der Waals surface area contributed by atoms with Gasteiger partial charge in [0.2, 0.25) is 5.78 Å². The van der Waals surface area contributed by atoms with Crippen LogP contribution in [0.25, 0.3) is 0 Å². The number of halogens is 10. The maximum absolute atomic E-state index is 12.6. The van der Waals surface area contributed by atoms with Crippen LogP contribution < -0.4 is 0 Å².